The van der Waals surface area contributed by atoms with Crippen LogP contribution in [0.4, 0.5) is 0 Å². The lowest BCUT2D eigenvalue weighted by atomic mass is 10.5. The van der Waals surface area contributed by atoms with Gasteiger partial charge in [0, 0.05) is 6.07 Å². The van der Waals surface area contributed by atoms with Crippen LogP contribution in [0.5, 0.6) is 0 Å². The van der Waals surface area contributed by atoms with Gasteiger partial charge in [-0.2, -0.15) is 0 Å². The minimum absolute atomic E-state index is 0.111. The lowest BCUT2D eigenvalue weighted by Gasteiger charge is -1.92. The van der Waals surface area contributed by atoms with E-state index in [1.165, 1.54) is 6.07 Å². The second-order valence-electron chi connectivity index (χ2n) is 1.75. The third kappa shape index (κ3) is 2.34. The van der Waals surface area contributed by atoms with Gasteiger partial charge in [-0.3, -0.25) is 0 Å². The molecule has 0 unspecified atom stereocenters. The van der Waals surface area contributed by atoms with Crippen molar-refractivity contribution in [2.24, 2.45) is 0 Å². The molecule has 0 saturated heterocycles. The van der Waals surface area contributed by atoms with Gasteiger partial charge in [-0.15, -0.1) is 0 Å². The molecular weight excluding hydrogens is 185 g/mol. The van der Waals surface area contributed by atoms with E-state index in [1.807, 2.05) is 0 Å². The summed E-state index contributed by atoms with van der Waals surface area (Å²) in [5.41, 5.74) is 0. The molecule has 0 amide bonds. The summed E-state index contributed by atoms with van der Waals surface area (Å²) >= 11 is 11.1. The minimum Gasteiger partial charge on any atom is -0.308 e. The maximum Gasteiger partial charge on any atom is 0.273 e. The second-order valence-corrected chi connectivity index (χ2v) is 2.52. The Hall–Kier alpha value is -0.850. The molecule has 11 heavy (non-hydrogen) atoms. The van der Waals surface area contributed by atoms with Gasteiger partial charge in [0.1, 0.15) is 10.3 Å². The fourth-order valence-electron chi connectivity index (χ4n) is 0.576. The van der Waals surface area contributed by atoms with E-state index >= 15 is 0 Å². The highest BCUT2D eigenvalue weighted by molar-refractivity contribution is 6.33. The average molecular weight is 188 g/mol. The Morgan fingerprint density at radius 1 is 1.36 bits per heavy atom. The van der Waals surface area contributed by atoms with Crippen molar-refractivity contribution in [1.82, 2.24) is 9.97 Å². The Kier molecular flexibility index (Phi) is 2.64. The normalized spacial score (nSPS) is 9.18. The molecule has 56 valence electrons. The van der Waals surface area contributed by atoms with Gasteiger partial charge in [-0.05, 0) is 0 Å². The van der Waals surface area contributed by atoms with Crippen LogP contribution < -0.4 is 0 Å². The Morgan fingerprint density at radius 2 is 1.91 bits per heavy atom. The Morgan fingerprint density at radius 3 is 2.36 bits per heavy atom. The van der Waals surface area contributed by atoms with Crippen molar-refractivity contribution in [2.75, 3.05) is 0 Å². The van der Waals surface area contributed by atoms with Crippen molar-refractivity contribution in [1.29, 1.82) is 0 Å². The first-order valence-electron chi connectivity index (χ1n) is 2.74. The third-order valence-corrected chi connectivity index (χ3v) is 1.32. The van der Waals surface area contributed by atoms with Crippen LogP contribution in [0.25, 0.3) is 4.85 Å². The molecule has 0 N–H and O–H groups in total. The summed E-state index contributed by atoms with van der Waals surface area (Å²) in [5.74, 6) is 0.359. The Bertz CT molecular complexity index is 285. The van der Waals surface area contributed by atoms with Crippen LogP contribution in [0.15, 0.2) is 6.07 Å². The molecule has 0 aliphatic heterocycles. The molecule has 1 heterocycles. The molecule has 0 aliphatic rings. The molecule has 1 rings (SSSR count). The highest BCUT2D eigenvalue weighted by Crippen LogP contribution is 2.11. The summed E-state index contributed by atoms with van der Waals surface area (Å²) in [6.45, 7) is 6.65. The zero-order chi connectivity index (χ0) is 8.27. The van der Waals surface area contributed by atoms with Crippen molar-refractivity contribution >= 4 is 23.2 Å². The van der Waals surface area contributed by atoms with Gasteiger partial charge < -0.3 is 4.85 Å². The Labute approximate surface area is 73.8 Å². The fourth-order valence-corrected chi connectivity index (χ4v) is 1.03. The van der Waals surface area contributed by atoms with E-state index in [2.05, 4.69) is 14.8 Å². The van der Waals surface area contributed by atoms with Crippen molar-refractivity contribution < 1.29 is 0 Å². The summed E-state index contributed by atoms with van der Waals surface area (Å²) in [6.07, 6.45) is 0. The number of hydrogen-bond donors (Lipinski definition) is 0. The first kappa shape index (κ1) is 8.25. The first-order chi connectivity index (χ1) is 5.22. The molecule has 0 bridgehead atoms. The monoisotopic (exact) mass is 187 g/mol. The van der Waals surface area contributed by atoms with E-state index in [1.54, 1.807) is 0 Å². The molecule has 0 atom stereocenters. The molecule has 0 aromatic carbocycles. The third-order valence-electron chi connectivity index (χ3n) is 0.930. The molecule has 1 aromatic heterocycles. The molecule has 0 spiro atoms. The Balaban J connectivity index is 3.01. The second kappa shape index (κ2) is 3.51. The fraction of sp³-hybridized carbons (Fsp3) is 0.167. The average Bonchev–Trinajstić information content (AvgIpc) is 1.85. The zero-order valence-corrected chi connectivity index (χ0v) is 6.89. The molecular formula is C6H3Cl2N3. The van der Waals surface area contributed by atoms with Crippen LogP contribution in [0.2, 0.25) is 10.3 Å². The summed E-state index contributed by atoms with van der Waals surface area (Å²) in [7, 11) is 0. The van der Waals surface area contributed by atoms with Crippen molar-refractivity contribution in [3.05, 3.63) is 33.6 Å². The number of hydrogen-bond acceptors (Lipinski definition) is 2. The smallest absolute Gasteiger partial charge is 0.273 e. The van der Waals surface area contributed by atoms with Crippen molar-refractivity contribution in [3.8, 4) is 0 Å². The predicted octanol–water partition coefficient (Wildman–Crippen LogP) is 2.20. The van der Waals surface area contributed by atoms with Gasteiger partial charge >= 0.3 is 0 Å². The molecule has 1 aromatic rings. The van der Waals surface area contributed by atoms with Crippen molar-refractivity contribution in [2.45, 2.75) is 6.54 Å². The van der Waals surface area contributed by atoms with E-state index in [0.29, 0.717) is 5.82 Å². The van der Waals surface area contributed by atoms with Gasteiger partial charge in [0.15, 0.2) is 0 Å². The standard InChI is InChI=1S/C6H3Cl2N3/c1-9-3-6-10-4(7)2-5(8)11-6/h2H,3H2. The van der Waals surface area contributed by atoms with Gasteiger partial charge in [0.2, 0.25) is 5.82 Å². The number of aromatic nitrogens is 2. The van der Waals surface area contributed by atoms with Gasteiger partial charge in [-0.1, -0.05) is 23.2 Å². The highest BCUT2D eigenvalue weighted by Gasteiger charge is 2.02. The number of nitrogens with zero attached hydrogens (tertiary/aromatic N) is 3. The van der Waals surface area contributed by atoms with Crippen LogP contribution in [-0.2, 0) is 6.54 Å². The molecule has 3 nitrogen and oxygen atoms in total. The molecule has 5 heteroatoms. The quantitative estimate of drug-likeness (QED) is 0.499. The lowest BCUT2D eigenvalue weighted by Crippen LogP contribution is -1.92. The van der Waals surface area contributed by atoms with Gasteiger partial charge in [-0.25, -0.2) is 16.5 Å². The zero-order valence-electron chi connectivity index (χ0n) is 5.38. The summed E-state index contributed by atoms with van der Waals surface area (Å²) in [6, 6.07) is 1.43. The van der Waals surface area contributed by atoms with E-state index in [4.69, 9.17) is 29.8 Å². The maximum atomic E-state index is 6.54. The van der Waals surface area contributed by atoms with Crippen LogP contribution in [0, 0.1) is 6.57 Å². The largest absolute Gasteiger partial charge is 0.308 e. The van der Waals surface area contributed by atoms with Gasteiger partial charge in [0.05, 0.1) is 0 Å². The summed E-state index contributed by atoms with van der Waals surface area (Å²) < 4.78 is 0. The first-order valence-corrected chi connectivity index (χ1v) is 3.50. The molecule has 0 fully saturated rings. The minimum atomic E-state index is 0.111. The molecule has 0 radical (unpaired) electrons. The highest BCUT2D eigenvalue weighted by atomic mass is 35.5. The van der Waals surface area contributed by atoms with E-state index < -0.39 is 0 Å². The summed E-state index contributed by atoms with van der Waals surface area (Å²) in [5, 5.41) is 0.535. The van der Waals surface area contributed by atoms with Crippen LogP contribution >= 0.6 is 23.2 Å². The van der Waals surface area contributed by atoms with Crippen molar-refractivity contribution in [3.63, 3.8) is 0 Å². The van der Waals surface area contributed by atoms with E-state index in [0.717, 1.165) is 0 Å². The lowest BCUT2D eigenvalue weighted by molar-refractivity contribution is 0.987. The van der Waals surface area contributed by atoms with Crippen LogP contribution in [-0.4, -0.2) is 9.97 Å². The SMILES string of the molecule is [C-]#[N+]Cc1nc(Cl)cc(Cl)n1. The molecule has 0 saturated carbocycles. The predicted molar refractivity (Wildman–Crippen MR) is 42.4 cm³/mol. The van der Waals surface area contributed by atoms with Crippen LogP contribution in [0.1, 0.15) is 5.82 Å². The number of halogens is 2. The topological polar surface area (TPSA) is 30.1 Å². The summed E-state index contributed by atoms with van der Waals surface area (Å²) in [4.78, 5) is 10.7. The van der Waals surface area contributed by atoms with E-state index in [-0.39, 0.29) is 16.9 Å². The maximum absolute atomic E-state index is 6.54. The molecule has 0 aliphatic carbocycles. The van der Waals surface area contributed by atoms with Crippen LogP contribution in [0.3, 0.4) is 0 Å². The number of rotatable bonds is 1. The van der Waals surface area contributed by atoms with Gasteiger partial charge in [0.25, 0.3) is 6.54 Å². The van der Waals surface area contributed by atoms with E-state index in [9.17, 15) is 0 Å².